The summed E-state index contributed by atoms with van der Waals surface area (Å²) in [5, 5.41) is 51.1. The maximum absolute atomic E-state index is 11.0. The molecule has 1 aliphatic rings. The van der Waals surface area contributed by atoms with Gasteiger partial charge >= 0.3 is 0 Å². The summed E-state index contributed by atoms with van der Waals surface area (Å²) < 4.78 is 10.8. The molecule has 8 heteroatoms. The van der Waals surface area contributed by atoms with Crippen molar-refractivity contribution in [1.29, 1.82) is 0 Å². The summed E-state index contributed by atoms with van der Waals surface area (Å²) >= 11 is 6.32. The second-order valence-electron chi connectivity index (χ2n) is 7.02. The first-order chi connectivity index (χ1) is 13.8. The maximum atomic E-state index is 11.0. The molecule has 29 heavy (non-hydrogen) atoms. The van der Waals surface area contributed by atoms with E-state index in [2.05, 4.69) is 0 Å². The van der Waals surface area contributed by atoms with Gasteiger partial charge in [-0.3, -0.25) is 0 Å². The number of hydrogen-bond acceptors (Lipinski definition) is 7. The number of aliphatic hydroxyl groups is 5. The van der Waals surface area contributed by atoms with Gasteiger partial charge in [0.15, 0.2) is 0 Å². The zero-order valence-corrected chi connectivity index (χ0v) is 16.7. The first-order valence-electron chi connectivity index (χ1n) is 9.36. The van der Waals surface area contributed by atoms with E-state index in [1.807, 2.05) is 31.2 Å². The molecular formula is C21H25ClO7. The molecule has 5 N–H and O–H groups in total. The first kappa shape index (κ1) is 22.0. The van der Waals surface area contributed by atoms with E-state index in [0.29, 0.717) is 23.6 Å². The molecule has 5 atom stereocenters. The highest BCUT2D eigenvalue weighted by molar-refractivity contribution is 6.31. The summed E-state index contributed by atoms with van der Waals surface area (Å²) in [4.78, 5) is 0. The summed E-state index contributed by atoms with van der Waals surface area (Å²) in [5.41, 5.74) is 1.77. The van der Waals surface area contributed by atoms with Crippen molar-refractivity contribution in [2.24, 2.45) is 0 Å². The van der Waals surface area contributed by atoms with Crippen molar-refractivity contribution < 1.29 is 35.0 Å². The van der Waals surface area contributed by atoms with Gasteiger partial charge < -0.3 is 35.0 Å². The maximum Gasteiger partial charge on any atom is 0.222 e. The molecule has 3 rings (SSSR count). The van der Waals surface area contributed by atoms with Gasteiger partial charge in [-0.2, -0.15) is 0 Å². The molecule has 0 aromatic heterocycles. The van der Waals surface area contributed by atoms with Gasteiger partial charge in [-0.25, -0.2) is 0 Å². The molecule has 1 fully saturated rings. The molecule has 158 valence electrons. The van der Waals surface area contributed by atoms with Crippen LogP contribution >= 0.6 is 11.6 Å². The lowest BCUT2D eigenvalue weighted by Crippen LogP contribution is -2.63. The SMILES string of the molecule is CCOc1ccc(Cc2cc(C3(O)OC(CO)[C@@H](O)[C@H](O)[C@H]3O)ccc2Cl)cc1. The highest BCUT2D eigenvalue weighted by atomic mass is 35.5. The lowest BCUT2D eigenvalue weighted by molar-refractivity contribution is -0.357. The fourth-order valence-electron chi connectivity index (χ4n) is 3.42. The molecule has 0 amide bonds. The smallest absolute Gasteiger partial charge is 0.222 e. The Kier molecular flexibility index (Phi) is 6.80. The third-order valence-electron chi connectivity index (χ3n) is 5.05. The van der Waals surface area contributed by atoms with Crippen molar-refractivity contribution in [3.63, 3.8) is 0 Å². The minimum absolute atomic E-state index is 0.153. The monoisotopic (exact) mass is 424 g/mol. The van der Waals surface area contributed by atoms with Crippen LogP contribution in [-0.2, 0) is 16.9 Å². The van der Waals surface area contributed by atoms with Crippen LogP contribution in [0.25, 0.3) is 0 Å². The standard InChI is InChI=1S/C21H25ClO7/c1-2-28-15-6-3-12(4-7-15)9-13-10-14(5-8-16(13)22)21(27)20(26)19(25)18(24)17(11-23)29-21/h3-8,10,17-20,23-27H,2,9,11H2,1H3/t17?,18-,19+,20-,21?/m1/s1. The van der Waals surface area contributed by atoms with Crippen LogP contribution in [0.15, 0.2) is 42.5 Å². The number of benzene rings is 2. The third kappa shape index (κ3) is 4.41. The molecule has 0 saturated carbocycles. The number of ether oxygens (including phenoxy) is 2. The van der Waals surface area contributed by atoms with E-state index in [0.717, 1.165) is 11.3 Å². The summed E-state index contributed by atoms with van der Waals surface area (Å²) in [6, 6.07) is 12.1. The number of halogens is 1. The van der Waals surface area contributed by atoms with Crippen molar-refractivity contribution >= 4 is 11.6 Å². The summed E-state index contributed by atoms with van der Waals surface area (Å²) in [6.45, 7) is 1.84. The molecule has 2 aromatic rings. The Morgan fingerprint density at radius 1 is 1.07 bits per heavy atom. The summed E-state index contributed by atoms with van der Waals surface area (Å²) in [6.07, 6.45) is -5.87. The van der Waals surface area contributed by atoms with Gasteiger partial charge in [0.1, 0.15) is 30.2 Å². The van der Waals surface area contributed by atoms with Crippen LogP contribution < -0.4 is 4.74 Å². The van der Waals surface area contributed by atoms with Crippen molar-refractivity contribution in [3.05, 3.63) is 64.2 Å². The van der Waals surface area contributed by atoms with E-state index in [1.54, 1.807) is 12.1 Å². The predicted octanol–water partition coefficient (Wildman–Crippen LogP) is 0.948. The minimum atomic E-state index is -2.32. The lowest BCUT2D eigenvalue weighted by atomic mass is 9.87. The molecule has 0 bridgehead atoms. The summed E-state index contributed by atoms with van der Waals surface area (Å²) in [7, 11) is 0. The molecule has 2 unspecified atom stereocenters. The zero-order valence-electron chi connectivity index (χ0n) is 15.9. The second-order valence-corrected chi connectivity index (χ2v) is 7.43. The van der Waals surface area contributed by atoms with Crippen LogP contribution in [0, 0.1) is 0 Å². The predicted molar refractivity (Wildman–Crippen MR) is 106 cm³/mol. The van der Waals surface area contributed by atoms with Crippen molar-refractivity contribution in [1.82, 2.24) is 0 Å². The highest BCUT2D eigenvalue weighted by Crippen LogP contribution is 2.37. The molecule has 1 aliphatic heterocycles. The number of hydrogen-bond donors (Lipinski definition) is 5. The van der Waals surface area contributed by atoms with Gasteiger partial charge in [-0.05, 0) is 48.7 Å². The van der Waals surface area contributed by atoms with Gasteiger partial charge in [0.25, 0.3) is 0 Å². The average molecular weight is 425 g/mol. The minimum Gasteiger partial charge on any atom is -0.494 e. The first-order valence-corrected chi connectivity index (χ1v) is 9.73. The van der Waals surface area contributed by atoms with Gasteiger partial charge in [-0.1, -0.05) is 29.8 Å². The highest BCUT2D eigenvalue weighted by Gasteiger charge is 2.53. The largest absolute Gasteiger partial charge is 0.494 e. The fourth-order valence-corrected chi connectivity index (χ4v) is 3.60. The molecule has 1 heterocycles. The Morgan fingerprint density at radius 3 is 2.38 bits per heavy atom. The van der Waals surface area contributed by atoms with Crippen LogP contribution in [0.4, 0.5) is 0 Å². The Balaban J connectivity index is 1.89. The zero-order chi connectivity index (χ0) is 21.2. The summed E-state index contributed by atoms with van der Waals surface area (Å²) in [5.74, 6) is -1.56. The molecule has 0 aliphatic carbocycles. The van der Waals surface area contributed by atoms with Crippen molar-refractivity contribution in [3.8, 4) is 5.75 Å². The Labute approximate surface area is 173 Å². The Bertz CT molecular complexity index is 826. The molecule has 7 nitrogen and oxygen atoms in total. The van der Waals surface area contributed by atoms with Crippen LogP contribution in [0.1, 0.15) is 23.6 Å². The normalized spacial score (nSPS) is 29.6. The average Bonchev–Trinajstić information content (AvgIpc) is 2.72. The molecule has 2 aromatic carbocycles. The van der Waals surface area contributed by atoms with Crippen LogP contribution in [0.5, 0.6) is 5.75 Å². The van der Waals surface area contributed by atoms with Crippen molar-refractivity contribution in [2.45, 2.75) is 43.5 Å². The third-order valence-corrected chi connectivity index (χ3v) is 5.42. The van der Waals surface area contributed by atoms with E-state index in [1.165, 1.54) is 6.07 Å². The van der Waals surface area contributed by atoms with Gasteiger partial charge in [0.05, 0.1) is 13.2 Å². The van der Waals surface area contributed by atoms with E-state index < -0.39 is 36.8 Å². The lowest BCUT2D eigenvalue weighted by Gasteiger charge is -2.45. The van der Waals surface area contributed by atoms with Crippen molar-refractivity contribution in [2.75, 3.05) is 13.2 Å². The molecule has 0 radical (unpaired) electrons. The molecule has 1 saturated heterocycles. The topological polar surface area (TPSA) is 120 Å². The van der Waals surface area contributed by atoms with Gasteiger partial charge in [-0.15, -0.1) is 0 Å². The van der Waals surface area contributed by atoms with E-state index in [9.17, 15) is 25.5 Å². The fraction of sp³-hybridized carbons (Fsp3) is 0.429. The van der Waals surface area contributed by atoms with E-state index in [4.69, 9.17) is 21.1 Å². The Morgan fingerprint density at radius 2 is 1.76 bits per heavy atom. The van der Waals surface area contributed by atoms with Gasteiger partial charge in [0, 0.05) is 10.6 Å². The van der Waals surface area contributed by atoms with Crippen LogP contribution in [0.2, 0.25) is 5.02 Å². The molecule has 0 spiro atoms. The number of rotatable bonds is 6. The van der Waals surface area contributed by atoms with E-state index >= 15 is 0 Å². The van der Waals surface area contributed by atoms with Crippen LogP contribution in [-0.4, -0.2) is 63.2 Å². The van der Waals surface area contributed by atoms with E-state index in [-0.39, 0.29) is 5.56 Å². The Hall–Kier alpha value is -1.71. The van der Waals surface area contributed by atoms with Crippen LogP contribution in [0.3, 0.4) is 0 Å². The second kappa shape index (κ2) is 8.97. The van der Waals surface area contributed by atoms with Gasteiger partial charge in [0.2, 0.25) is 5.79 Å². The molecular weight excluding hydrogens is 400 g/mol. The quantitative estimate of drug-likeness (QED) is 0.468. The number of aliphatic hydroxyl groups excluding tert-OH is 4.